The first-order valence-corrected chi connectivity index (χ1v) is 6.55. The van der Waals surface area contributed by atoms with E-state index in [1.54, 1.807) is 6.20 Å². The molecular weight excluding hydrogens is 268 g/mol. The second kappa shape index (κ2) is 5.48. The van der Waals surface area contributed by atoms with Gasteiger partial charge in [0.25, 0.3) is 0 Å². The van der Waals surface area contributed by atoms with Gasteiger partial charge in [-0.15, -0.1) is 0 Å². The van der Waals surface area contributed by atoms with E-state index in [0.29, 0.717) is 12.0 Å². The molecule has 0 spiro atoms. The fourth-order valence-electron chi connectivity index (χ4n) is 2.03. The molecular formula is C11H17BrN4. The van der Waals surface area contributed by atoms with Gasteiger partial charge in [-0.25, -0.2) is 4.98 Å². The van der Waals surface area contributed by atoms with E-state index in [-0.39, 0.29) is 0 Å². The fourth-order valence-corrected chi connectivity index (χ4v) is 2.33. The molecule has 4 nitrogen and oxygen atoms in total. The van der Waals surface area contributed by atoms with Crippen LogP contribution < -0.4 is 10.6 Å². The quantitative estimate of drug-likeness (QED) is 0.896. The predicted octanol–water partition coefficient (Wildman–Crippen LogP) is 3.03. The molecule has 16 heavy (non-hydrogen) atoms. The highest BCUT2D eigenvalue weighted by atomic mass is 79.9. The first-order chi connectivity index (χ1) is 7.79. The average molecular weight is 285 g/mol. The van der Waals surface area contributed by atoms with E-state index in [0.717, 1.165) is 10.3 Å². The molecule has 0 bridgehead atoms. The molecule has 0 radical (unpaired) electrons. The summed E-state index contributed by atoms with van der Waals surface area (Å²) in [6.45, 7) is 0. The van der Waals surface area contributed by atoms with Gasteiger partial charge in [0.2, 0.25) is 5.95 Å². The van der Waals surface area contributed by atoms with Crippen molar-refractivity contribution in [3.63, 3.8) is 0 Å². The van der Waals surface area contributed by atoms with Crippen LogP contribution in [0.15, 0.2) is 10.7 Å². The Morgan fingerprint density at radius 1 is 1.31 bits per heavy atom. The summed E-state index contributed by atoms with van der Waals surface area (Å²) in [6.07, 6.45) is 8.27. The zero-order valence-corrected chi connectivity index (χ0v) is 11.0. The minimum atomic E-state index is 0.560. The summed E-state index contributed by atoms with van der Waals surface area (Å²) in [5.74, 6) is 1.55. The van der Waals surface area contributed by atoms with Gasteiger partial charge in [0.05, 0.1) is 4.47 Å². The first kappa shape index (κ1) is 11.6. The van der Waals surface area contributed by atoms with Crippen molar-refractivity contribution < 1.29 is 0 Å². The highest BCUT2D eigenvalue weighted by Crippen LogP contribution is 2.25. The van der Waals surface area contributed by atoms with Crippen LogP contribution in [0.25, 0.3) is 0 Å². The van der Waals surface area contributed by atoms with Crippen molar-refractivity contribution in [2.24, 2.45) is 0 Å². The molecule has 0 saturated heterocycles. The van der Waals surface area contributed by atoms with Crippen LogP contribution >= 0.6 is 15.9 Å². The molecule has 1 aliphatic rings. The minimum absolute atomic E-state index is 0.560. The molecule has 1 aliphatic carbocycles. The van der Waals surface area contributed by atoms with Crippen LogP contribution in [0.3, 0.4) is 0 Å². The Morgan fingerprint density at radius 2 is 2.06 bits per heavy atom. The standard InChI is InChI=1S/C11H17BrN4/c1-13-11-14-7-9(12)10(16-11)15-8-5-3-2-4-6-8/h7-8H,2-6H2,1H3,(H2,13,14,15,16). The lowest BCUT2D eigenvalue weighted by Crippen LogP contribution is -2.23. The summed E-state index contributed by atoms with van der Waals surface area (Å²) in [5, 5.41) is 6.43. The Hall–Kier alpha value is -0.840. The normalized spacial score (nSPS) is 17.1. The molecule has 0 unspecified atom stereocenters. The molecule has 2 rings (SSSR count). The van der Waals surface area contributed by atoms with Crippen LogP contribution in [0.4, 0.5) is 11.8 Å². The third kappa shape index (κ3) is 2.84. The summed E-state index contributed by atoms with van der Waals surface area (Å²) in [6, 6.07) is 0.560. The van der Waals surface area contributed by atoms with Crippen molar-refractivity contribution in [3.05, 3.63) is 10.7 Å². The zero-order chi connectivity index (χ0) is 11.4. The van der Waals surface area contributed by atoms with Crippen molar-refractivity contribution in [3.8, 4) is 0 Å². The van der Waals surface area contributed by atoms with Crippen LogP contribution in [-0.4, -0.2) is 23.1 Å². The predicted molar refractivity (Wildman–Crippen MR) is 69.8 cm³/mol. The first-order valence-electron chi connectivity index (χ1n) is 5.76. The molecule has 5 heteroatoms. The summed E-state index contributed by atoms with van der Waals surface area (Å²) < 4.78 is 0.928. The third-order valence-electron chi connectivity index (χ3n) is 2.91. The van der Waals surface area contributed by atoms with E-state index in [1.807, 2.05) is 7.05 Å². The molecule has 0 aromatic carbocycles. The fraction of sp³-hybridized carbons (Fsp3) is 0.636. The monoisotopic (exact) mass is 284 g/mol. The van der Waals surface area contributed by atoms with Crippen LogP contribution in [0.2, 0.25) is 0 Å². The number of aromatic nitrogens is 2. The van der Waals surface area contributed by atoms with Gasteiger partial charge >= 0.3 is 0 Å². The lowest BCUT2D eigenvalue weighted by molar-refractivity contribution is 0.461. The van der Waals surface area contributed by atoms with E-state index in [1.165, 1.54) is 32.1 Å². The van der Waals surface area contributed by atoms with Crippen LogP contribution in [-0.2, 0) is 0 Å². The molecule has 0 amide bonds. The van der Waals surface area contributed by atoms with E-state index in [2.05, 4.69) is 36.5 Å². The van der Waals surface area contributed by atoms with Crippen LogP contribution in [0, 0.1) is 0 Å². The van der Waals surface area contributed by atoms with Gasteiger partial charge in [-0.1, -0.05) is 19.3 Å². The largest absolute Gasteiger partial charge is 0.366 e. The van der Waals surface area contributed by atoms with Gasteiger partial charge < -0.3 is 10.6 Å². The second-order valence-electron chi connectivity index (χ2n) is 4.12. The number of halogens is 1. The van der Waals surface area contributed by atoms with Crippen LogP contribution in [0.1, 0.15) is 32.1 Å². The topological polar surface area (TPSA) is 49.8 Å². The average Bonchev–Trinajstić information content (AvgIpc) is 2.33. The van der Waals surface area contributed by atoms with E-state index in [4.69, 9.17) is 0 Å². The van der Waals surface area contributed by atoms with E-state index < -0.39 is 0 Å². The van der Waals surface area contributed by atoms with Gasteiger partial charge in [-0.2, -0.15) is 4.98 Å². The third-order valence-corrected chi connectivity index (χ3v) is 3.49. The number of rotatable bonds is 3. The van der Waals surface area contributed by atoms with Gasteiger partial charge in [0.1, 0.15) is 5.82 Å². The van der Waals surface area contributed by atoms with Crippen molar-refractivity contribution in [1.82, 2.24) is 9.97 Å². The van der Waals surface area contributed by atoms with Crippen molar-refractivity contribution in [2.75, 3.05) is 17.7 Å². The lowest BCUT2D eigenvalue weighted by Gasteiger charge is -2.23. The van der Waals surface area contributed by atoms with Gasteiger partial charge in [-0.05, 0) is 28.8 Å². The minimum Gasteiger partial charge on any atom is -0.366 e. The van der Waals surface area contributed by atoms with E-state index >= 15 is 0 Å². The van der Waals surface area contributed by atoms with Crippen molar-refractivity contribution >= 4 is 27.7 Å². The maximum Gasteiger partial charge on any atom is 0.224 e. The molecule has 0 aliphatic heterocycles. The summed E-state index contributed by atoms with van der Waals surface area (Å²) >= 11 is 3.47. The molecule has 0 atom stereocenters. The second-order valence-corrected chi connectivity index (χ2v) is 4.97. The van der Waals surface area contributed by atoms with Crippen molar-refractivity contribution in [1.29, 1.82) is 0 Å². The Bertz CT molecular complexity index is 350. The van der Waals surface area contributed by atoms with Crippen molar-refractivity contribution in [2.45, 2.75) is 38.1 Å². The lowest BCUT2D eigenvalue weighted by atomic mass is 9.95. The molecule has 1 aromatic heterocycles. The number of nitrogens with one attached hydrogen (secondary N) is 2. The molecule has 1 saturated carbocycles. The molecule has 1 heterocycles. The number of hydrogen-bond acceptors (Lipinski definition) is 4. The summed E-state index contributed by atoms with van der Waals surface area (Å²) in [5.41, 5.74) is 0. The van der Waals surface area contributed by atoms with Gasteiger partial charge in [0.15, 0.2) is 0 Å². The SMILES string of the molecule is CNc1ncc(Br)c(NC2CCCCC2)n1. The maximum atomic E-state index is 4.40. The Labute approximate surface area is 104 Å². The summed E-state index contributed by atoms with van der Waals surface area (Å²) in [4.78, 5) is 8.55. The smallest absolute Gasteiger partial charge is 0.224 e. The number of nitrogens with zero attached hydrogens (tertiary/aromatic N) is 2. The molecule has 1 fully saturated rings. The molecule has 2 N–H and O–H groups in total. The van der Waals surface area contributed by atoms with Crippen LogP contribution in [0.5, 0.6) is 0 Å². The molecule has 88 valence electrons. The Kier molecular flexibility index (Phi) is 3.98. The Morgan fingerprint density at radius 3 is 2.75 bits per heavy atom. The number of hydrogen-bond donors (Lipinski definition) is 2. The van der Waals surface area contributed by atoms with E-state index in [9.17, 15) is 0 Å². The highest BCUT2D eigenvalue weighted by molar-refractivity contribution is 9.10. The zero-order valence-electron chi connectivity index (χ0n) is 9.46. The van der Waals surface area contributed by atoms with Gasteiger partial charge in [-0.3, -0.25) is 0 Å². The Balaban J connectivity index is 2.06. The van der Waals surface area contributed by atoms with Gasteiger partial charge in [0, 0.05) is 19.3 Å². The summed E-state index contributed by atoms with van der Waals surface area (Å²) in [7, 11) is 1.83. The highest BCUT2D eigenvalue weighted by Gasteiger charge is 2.15. The molecule has 1 aromatic rings. The number of anilines is 2. The maximum absolute atomic E-state index is 4.40.